The van der Waals surface area contributed by atoms with Gasteiger partial charge in [0.15, 0.2) is 6.29 Å². The molecule has 0 N–H and O–H groups in total. The zero-order valence-electron chi connectivity index (χ0n) is 9.27. The van der Waals surface area contributed by atoms with E-state index in [9.17, 15) is 14.9 Å². The van der Waals surface area contributed by atoms with E-state index in [1.54, 1.807) is 24.3 Å². The number of rotatable bonds is 3. The predicted octanol–water partition coefficient (Wildman–Crippen LogP) is 2.40. The highest BCUT2D eigenvalue weighted by Gasteiger charge is 2.74. The molecule has 0 heterocycles. The molecule has 2 rings (SSSR count). The Hall–Kier alpha value is -1.71. The summed E-state index contributed by atoms with van der Waals surface area (Å²) < 4.78 is 0. The lowest BCUT2D eigenvalue weighted by Crippen LogP contribution is -2.26. The second-order valence-corrected chi connectivity index (χ2v) is 4.88. The zero-order chi connectivity index (χ0) is 12.0. The van der Waals surface area contributed by atoms with E-state index in [4.69, 9.17) is 0 Å². The Morgan fingerprint density at radius 3 is 2.38 bits per heavy atom. The van der Waals surface area contributed by atoms with Crippen molar-refractivity contribution >= 4 is 6.29 Å². The first-order valence-electron chi connectivity index (χ1n) is 5.15. The van der Waals surface area contributed by atoms with Crippen LogP contribution in [0.1, 0.15) is 36.2 Å². The molecule has 1 aliphatic carbocycles. The van der Waals surface area contributed by atoms with E-state index in [-0.39, 0.29) is 10.3 Å². The van der Waals surface area contributed by atoms with Gasteiger partial charge in [-0.3, -0.25) is 14.9 Å². The highest BCUT2D eigenvalue weighted by Crippen LogP contribution is 2.64. The molecule has 1 unspecified atom stereocenters. The van der Waals surface area contributed by atoms with Crippen molar-refractivity contribution in [3.8, 4) is 0 Å². The van der Waals surface area contributed by atoms with Gasteiger partial charge >= 0.3 is 0 Å². The van der Waals surface area contributed by atoms with E-state index in [0.717, 1.165) is 0 Å². The van der Waals surface area contributed by atoms with Crippen molar-refractivity contribution in [3.05, 3.63) is 45.5 Å². The second kappa shape index (κ2) is 3.14. The van der Waals surface area contributed by atoms with Crippen LogP contribution in [0.5, 0.6) is 0 Å². The first kappa shape index (κ1) is 10.8. The Kier molecular flexibility index (Phi) is 2.12. The molecule has 0 amide bonds. The van der Waals surface area contributed by atoms with Gasteiger partial charge in [0, 0.05) is 27.9 Å². The molecule has 0 bridgehead atoms. The summed E-state index contributed by atoms with van der Waals surface area (Å²) in [6.07, 6.45) is 1.17. The molecular formula is C12H13NO3. The number of aldehydes is 1. The Labute approximate surface area is 93.4 Å². The summed E-state index contributed by atoms with van der Waals surface area (Å²) in [4.78, 5) is 21.9. The second-order valence-electron chi connectivity index (χ2n) is 4.88. The summed E-state index contributed by atoms with van der Waals surface area (Å²) in [6.45, 7) is 3.72. The smallest absolute Gasteiger partial charge is 0.253 e. The molecule has 1 saturated carbocycles. The molecule has 0 aliphatic heterocycles. The SMILES string of the molecule is CC1(C)CC1(c1ccccc1C=O)[N+](=O)[O-]. The average Bonchev–Trinajstić information content (AvgIpc) is 2.83. The van der Waals surface area contributed by atoms with E-state index in [1.807, 2.05) is 13.8 Å². The number of carbonyl (C=O) groups is 1. The van der Waals surface area contributed by atoms with Gasteiger partial charge in [0.2, 0.25) is 0 Å². The Balaban J connectivity index is 2.59. The van der Waals surface area contributed by atoms with Crippen molar-refractivity contribution in [1.29, 1.82) is 0 Å². The Morgan fingerprint density at radius 1 is 1.38 bits per heavy atom. The molecule has 0 radical (unpaired) electrons. The van der Waals surface area contributed by atoms with Gasteiger partial charge in [0.05, 0.1) is 0 Å². The largest absolute Gasteiger partial charge is 0.298 e. The lowest BCUT2D eigenvalue weighted by Gasteiger charge is -2.14. The fourth-order valence-corrected chi connectivity index (χ4v) is 2.44. The van der Waals surface area contributed by atoms with Gasteiger partial charge in [-0.05, 0) is 0 Å². The number of benzene rings is 1. The fraction of sp³-hybridized carbons (Fsp3) is 0.417. The number of hydrogen-bond donors (Lipinski definition) is 0. The molecule has 0 saturated heterocycles. The summed E-state index contributed by atoms with van der Waals surface area (Å²) in [5.74, 6) is 0. The van der Waals surface area contributed by atoms with Gasteiger partial charge in [-0.1, -0.05) is 38.1 Å². The maximum absolute atomic E-state index is 11.3. The summed E-state index contributed by atoms with van der Waals surface area (Å²) in [5, 5.41) is 11.3. The maximum Gasteiger partial charge on any atom is 0.253 e. The fourth-order valence-electron chi connectivity index (χ4n) is 2.44. The van der Waals surface area contributed by atoms with Gasteiger partial charge in [-0.2, -0.15) is 0 Å². The number of carbonyl (C=O) groups excluding carboxylic acids is 1. The minimum atomic E-state index is -1.08. The molecule has 0 aromatic heterocycles. The van der Waals surface area contributed by atoms with Crippen LogP contribution in [0.2, 0.25) is 0 Å². The van der Waals surface area contributed by atoms with E-state index in [0.29, 0.717) is 23.8 Å². The molecule has 4 nitrogen and oxygen atoms in total. The summed E-state index contributed by atoms with van der Waals surface area (Å²) in [5.41, 5.74) is -0.495. The summed E-state index contributed by atoms with van der Waals surface area (Å²) >= 11 is 0. The number of hydrogen-bond acceptors (Lipinski definition) is 3. The van der Waals surface area contributed by atoms with Gasteiger partial charge in [0.25, 0.3) is 5.54 Å². The van der Waals surface area contributed by atoms with Gasteiger partial charge in [0.1, 0.15) is 0 Å². The monoisotopic (exact) mass is 219 g/mol. The molecule has 16 heavy (non-hydrogen) atoms. The van der Waals surface area contributed by atoms with Crippen LogP contribution in [-0.4, -0.2) is 11.2 Å². The first-order chi connectivity index (χ1) is 7.45. The topological polar surface area (TPSA) is 60.2 Å². The Morgan fingerprint density at radius 2 is 1.94 bits per heavy atom. The third kappa shape index (κ3) is 1.19. The lowest BCUT2D eigenvalue weighted by atomic mass is 9.93. The predicted molar refractivity (Wildman–Crippen MR) is 58.9 cm³/mol. The average molecular weight is 219 g/mol. The van der Waals surface area contributed by atoms with Crippen LogP contribution in [0.3, 0.4) is 0 Å². The molecule has 4 heteroatoms. The van der Waals surface area contributed by atoms with Crippen molar-refractivity contribution in [2.45, 2.75) is 25.8 Å². The highest BCUT2D eigenvalue weighted by molar-refractivity contribution is 5.78. The molecular weight excluding hydrogens is 206 g/mol. The Bertz CT molecular complexity index is 467. The number of nitro groups is 1. The van der Waals surface area contributed by atoms with Gasteiger partial charge < -0.3 is 0 Å². The van der Waals surface area contributed by atoms with Crippen molar-refractivity contribution < 1.29 is 9.72 Å². The normalized spacial score (nSPS) is 26.1. The van der Waals surface area contributed by atoms with Crippen molar-refractivity contribution in [1.82, 2.24) is 0 Å². The van der Waals surface area contributed by atoms with Crippen LogP contribution in [-0.2, 0) is 5.54 Å². The van der Waals surface area contributed by atoms with E-state index >= 15 is 0 Å². The van der Waals surface area contributed by atoms with Crippen LogP contribution in [0.15, 0.2) is 24.3 Å². The lowest BCUT2D eigenvalue weighted by molar-refractivity contribution is -0.555. The molecule has 1 aliphatic rings. The van der Waals surface area contributed by atoms with Crippen molar-refractivity contribution in [2.24, 2.45) is 5.41 Å². The van der Waals surface area contributed by atoms with Crippen LogP contribution in [0.4, 0.5) is 0 Å². The molecule has 1 atom stereocenters. The van der Waals surface area contributed by atoms with E-state index in [2.05, 4.69) is 0 Å². The third-order valence-electron chi connectivity index (χ3n) is 3.54. The van der Waals surface area contributed by atoms with Crippen molar-refractivity contribution in [3.63, 3.8) is 0 Å². The molecule has 84 valence electrons. The summed E-state index contributed by atoms with van der Waals surface area (Å²) in [6, 6.07) is 6.77. The number of nitrogens with zero attached hydrogens (tertiary/aromatic N) is 1. The minimum Gasteiger partial charge on any atom is -0.298 e. The van der Waals surface area contributed by atoms with Crippen LogP contribution in [0, 0.1) is 15.5 Å². The highest BCUT2D eigenvalue weighted by atomic mass is 16.6. The van der Waals surface area contributed by atoms with Gasteiger partial charge in [-0.25, -0.2) is 0 Å². The van der Waals surface area contributed by atoms with Crippen LogP contribution < -0.4 is 0 Å². The zero-order valence-corrected chi connectivity index (χ0v) is 9.27. The molecule has 1 aromatic rings. The van der Waals surface area contributed by atoms with E-state index in [1.165, 1.54) is 0 Å². The van der Waals surface area contributed by atoms with Gasteiger partial charge in [-0.15, -0.1) is 0 Å². The van der Waals surface area contributed by atoms with Crippen molar-refractivity contribution in [2.75, 3.05) is 0 Å². The standard InChI is InChI=1S/C12H13NO3/c1-11(2)8-12(11,13(15)16)10-6-4-3-5-9(10)7-14/h3-7H,8H2,1-2H3. The first-order valence-corrected chi connectivity index (χ1v) is 5.15. The van der Waals surface area contributed by atoms with Crippen LogP contribution >= 0.6 is 0 Å². The molecule has 1 fully saturated rings. The summed E-state index contributed by atoms with van der Waals surface area (Å²) in [7, 11) is 0. The quantitative estimate of drug-likeness (QED) is 0.445. The van der Waals surface area contributed by atoms with E-state index < -0.39 is 5.54 Å². The molecule has 1 aromatic carbocycles. The van der Waals surface area contributed by atoms with Crippen LogP contribution in [0.25, 0.3) is 0 Å². The third-order valence-corrected chi connectivity index (χ3v) is 3.54. The minimum absolute atomic E-state index is 0.255. The molecule has 0 spiro atoms. The maximum atomic E-state index is 11.3.